The molecule has 0 aliphatic carbocycles. The number of aromatic nitrogens is 2. The molecule has 1 aromatic carbocycles. The molecule has 4 rings (SSSR count). The van der Waals surface area contributed by atoms with Crippen LogP contribution in [-0.2, 0) is 0 Å². The summed E-state index contributed by atoms with van der Waals surface area (Å²) in [6, 6.07) is 3.72. The lowest BCUT2D eigenvalue weighted by Crippen LogP contribution is -2.12. The van der Waals surface area contributed by atoms with E-state index in [4.69, 9.17) is 21.1 Å². The first-order chi connectivity index (χ1) is 13.2. The zero-order valence-electron chi connectivity index (χ0n) is 15.4. The van der Waals surface area contributed by atoms with E-state index in [1.165, 1.54) is 0 Å². The predicted molar refractivity (Wildman–Crippen MR) is 107 cm³/mol. The number of fused-ring (bicyclic) bond motifs is 1. The van der Waals surface area contributed by atoms with E-state index in [0.29, 0.717) is 28.2 Å². The maximum atomic E-state index is 6.81. The van der Waals surface area contributed by atoms with Gasteiger partial charge in [0.2, 0.25) is 12.7 Å². The highest BCUT2D eigenvalue weighted by molar-refractivity contribution is 6.35. The summed E-state index contributed by atoms with van der Waals surface area (Å²) < 4.78 is 11.4. The molecule has 0 fully saturated rings. The minimum absolute atomic E-state index is 0.193. The zero-order chi connectivity index (χ0) is 18.8. The molecule has 0 saturated carbocycles. The van der Waals surface area contributed by atoms with E-state index in [0.717, 1.165) is 48.6 Å². The van der Waals surface area contributed by atoms with Crippen molar-refractivity contribution < 1.29 is 9.47 Å². The Balaban J connectivity index is 1.77. The van der Waals surface area contributed by atoms with Gasteiger partial charge in [0, 0.05) is 37.0 Å². The van der Waals surface area contributed by atoms with Crippen LogP contribution in [-0.4, -0.2) is 36.9 Å². The van der Waals surface area contributed by atoms with Crippen molar-refractivity contribution in [3.05, 3.63) is 34.5 Å². The van der Waals surface area contributed by atoms with E-state index < -0.39 is 0 Å². The number of anilines is 3. The van der Waals surface area contributed by atoms with Gasteiger partial charge in [-0.05, 0) is 31.9 Å². The van der Waals surface area contributed by atoms with Crippen LogP contribution >= 0.6 is 11.6 Å². The number of hydrogen-bond acceptors (Lipinski definition) is 7. The van der Waals surface area contributed by atoms with Crippen LogP contribution in [0.5, 0.6) is 11.5 Å². The summed E-state index contributed by atoms with van der Waals surface area (Å²) in [5, 5.41) is 10.2. The van der Waals surface area contributed by atoms with Crippen LogP contribution in [0.2, 0.25) is 5.02 Å². The van der Waals surface area contributed by atoms with Crippen LogP contribution in [0.4, 0.5) is 17.5 Å². The Hall–Kier alpha value is -2.51. The van der Waals surface area contributed by atoms with E-state index >= 15 is 0 Å². The van der Waals surface area contributed by atoms with Crippen molar-refractivity contribution in [2.75, 3.05) is 37.6 Å². The summed E-state index contributed by atoms with van der Waals surface area (Å²) in [4.78, 5) is 8.90. The van der Waals surface area contributed by atoms with Gasteiger partial charge in [0.15, 0.2) is 11.5 Å². The highest BCUT2D eigenvalue weighted by Crippen LogP contribution is 2.48. The second-order valence-electron chi connectivity index (χ2n) is 6.48. The normalized spacial score (nSPS) is 15.9. The maximum absolute atomic E-state index is 6.81. The molecule has 142 valence electrons. The third-order valence-electron chi connectivity index (χ3n) is 4.57. The Kier molecular flexibility index (Phi) is 5.05. The molecule has 0 radical (unpaired) electrons. The van der Waals surface area contributed by atoms with Crippen LogP contribution in [0, 0.1) is 6.92 Å². The Bertz CT molecular complexity index is 900. The molecule has 0 bridgehead atoms. The number of benzene rings is 1. The number of rotatable bonds is 4. The molecule has 0 spiro atoms. The van der Waals surface area contributed by atoms with Gasteiger partial charge in [-0.3, -0.25) is 0 Å². The van der Waals surface area contributed by atoms with Crippen LogP contribution in [0.15, 0.2) is 18.2 Å². The number of allylic oxidation sites excluding steroid dienone is 1. The van der Waals surface area contributed by atoms with Gasteiger partial charge in [-0.25, -0.2) is 4.98 Å². The lowest BCUT2D eigenvalue weighted by molar-refractivity contribution is 0.173. The predicted octanol–water partition coefficient (Wildman–Crippen LogP) is 3.72. The zero-order valence-corrected chi connectivity index (χ0v) is 16.1. The summed E-state index contributed by atoms with van der Waals surface area (Å²) in [7, 11) is 1.82. The molecule has 0 unspecified atom stereocenters. The minimum atomic E-state index is 0.193. The number of nitrogens with zero attached hydrogens (tertiary/aromatic N) is 2. The second kappa shape index (κ2) is 7.62. The number of ether oxygens (including phenoxy) is 2. The number of hydrogen-bond donors (Lipinski definition) is 3. The largest absolute Gasteiger partial charge is 0.453 e. The van der Waals surface area contributed by atoms with Crippen molar-refractivity contribution in [3.63, 3.8) is 0 Å². The van der Waals surface area contributed by atoms with Crippen LogP contribution in [0.1, 0.15) is 24.1 Å². The molecule has 2 aromatic rings. The monoisotopic (exact) mass is 387 g/mol. The van der Waals surface area contributed by atoms with Crippen LogP contribution in [0.3, 0.4) is 0 Å². The maximum Gasteiger partial charge on any atom is 0.231 e. The Morgan fingerprint density at radius 2 is 2.11 bits per heavy atom. The lowest BCUT2D eigenvalue weighted by atomic mass is 9.99. The average molecular weight is 388 g/mol. The SMILES string of the molecule is CNc1cc(C)nc(Nc2cc3c(c(C4=CCNCCC4)c2Cl)OCO3)n1. The molecule has 3 N–H and O–H groups in total. The molecule has 1 aromatic heterocycles. The third-order valence-corrected chi connectivity index (χ3v) is 4.96. The molecule has 0 atom stereocenters. The first-order valence-corrected chi connectivity index (χ1v) is 9.36. The van der Waals surface area contributed by atoms with Gasteiger partial charge in [-0.15, -0.1) is 0 Å². The first kappa shape index (κ1) is 17.9. The molecule has 2 aliphatic heterocycles. The summed E-state index contributed by atoms with van der Waals surface area (Å²) >= 11 is 6.81. The van der Waals surface area contributed by atoms with Crippen molar-refractivity contribution in [1.82, 2.24) is 15.3 Å². The summed E-state index contributed by atoms with van der Waals surface area (Å²) in [5.74, 6) is 2.60. The van der Waals surface area contributed by atoms with E-state index in [1.807, 2.05) is 26.1 Å². The number of halogens is 1. The van der Waals surface area contributed by atoms with E-state index in [2.05, 4.69) is 32.0 Å². The lowest BCUT2D eigenvalue weighted by Gasteiger charge is -2.16. The fourth-order valence-corrected chi connectivity index (χ4v) is 3.61. The van der Waals surface area contributed by atoms with Gasteiger partial charge in [-0.2, -0.15) is 4.98 Å². The summed E-state index contributed by atoms with van der Waals surface area (Å²) in [6.45, 7) is 3.91. The van der Waals surface area contributed by atoms with Crippen molar-refractivity contribution >= 4 is 34.6 Å². The van der Waals surface area contributed by atoms with Crippen molar-refractivity contribution in [3.8, 4) is 11.5 Å². The fourth-order valence-electron chi connectivity index (χ4n) is 3.30. The molecular formula is C19H22ClN5O2. The van der Waals surface area contributed by atoms with Crippen molar-refractivity contribution in [1.29, 1.82) is 0 Å². The van der Waals surface area contributed by atoms with E-state index in [1.54, 1.807) is 0 Å². The van der Waals surface area contributed by atoms with Gasteiger partial charge in [0.25, 0.3) is 0 Å². The van der Waals surface area contributed by atoms with E-state index in [-0.39, 0.29) is 6.79 Å². The Morgan fingerprint density at radius 3 is 2.96 bits per heavy atom. The average Bonchev–Trinajstić information content (AvgIpc) is 2.95. The van der Waals surface area contributed by atoms with Crippen molar-refractivity contribution in [2.45, 2.75) is 19.8 Å². The van der Waals surface area contributed by atoms with Gasteiger partial charge >= 0.3 is 0 Å². The fraction of sp³-hybridized carbons (Fsp3) is 0.368. The van der Waals surface area contributed by atoms with Gasteiger partial charge < -0.3 is 25.4 Å². The third kappa shape index (κ3) is 3.65. The minimum Gasteiger partial charge on any atom is -0.453 e. The van der Waals surface area contributed by atoms with Gasteiger partial charge in [0.05, 0.1) is 10.7 Å². The van der Waals surface area contributed by atoms with Crippen molar-refractivity contribution in [2.24, 2.45) is 0 Å². The Morgan fingerprint density at radius 1 is 1.22 bits per heavy atom. The van der Waals surface area contributed by atoms with Gasteiger partial charge in [0.1, 0.15) is 5.82 Å². The summed E-state index contributed by atoms with van der Waals surface area (Å²) in [6.07, 6.45) is 4.14. The molecule has 0 amide bonds. The molecule has 7 nitrogen and oxygen atoms in total. The standard InChI is InChI=1S/C19H22ClN5O2/c1-11-8-15(21-2)25-19(23-11)24-13-9-14-18(27-10-26-14)16(17(13)20)12-4-3-6-22-7-5-12/h5,8-9,22H,3-4,6-7,10H2,1-2H3,(H2,21,23,24,25). The van der Waals surface area contributed by atoms with Crippen LogP contribution in [0.25, 0.3) is 5.57 Å². The number of nitrogens with one attached hydrogen (secondary N) is 3. The van der Waals surface area contributed by atoms with Crippen LogP contribution < -0.4 is 25.4 Å². The topological polar surface area (TPSA) is 80.3 Å². The van der Waals surface area contributed by atoms with Gasteiger partial charge in [-0.1, -0.05) is 17.7 Å². The first-order valence-electron chi connectivity index (χ1n) is 8.98. The highest BCUT2D eigenvalue weighted by atomic mass is 35.5. The molecule has 3 heterocycles. The smallest absolute Gasteiger partial charge is 0.231 e. The molecule has 2 aliphatic rings. The second-order valence-corrected chi connectivity index (χ2v) is 6.86. The van der Waals surface area contributed by atoms with E-state index in [9.17, 15) is 0 Å². The quantitative estimate of drug-likeness (QED) is 0.737. The Labute approximate surface area is 163 Å². The highest BCUT2D eigenvalue weighted by Gasteiger charge is 2.26. The molecule has 8 heteroatoms. The summed E-state index contributed by atoms with van der Waals surface area (Å²) in [5.41, 5.74) is 3.60. The molecule has 27 heavy (non-hydrogen) atoms. The molecular weight excluding hydrogens is 366 g/mol. The number of aryl methyl sites for hydroxylation is 1. The molecule has 0 saturated heterocycles.